The fourth-order valence-electron chi connectivity index (χ4n) is 1.57. The maximum Gasteiger partial charge on any atom is 0.301 e. The summed E-state index contributed by atoms with van der Waals surface area (Å²) in [5.74, 6) is -0.592. The predicted molar refractivity (Wildman–Crippen MR) is 79.3 cm³/mol. The minimum absolute atomic E-state index is 0.0420. The molecule has 0 aliphatic heterocycles. The van der Waals surface area contributed by atoms with Crippen LogP contribution in [0.25, 0.3) is 0 Å². The van der Waals surface area contributed by atoms with Crippen LogP contribution in [0.1, 0.15) is 20.3 Å². The van der Waals surface area contributed by atoms with Gasteiger partial charge in [-0.15, -0.1) is 0 Å². The third-order valence-electron chi connectivity index (χ3n) is 2.73. The largest absolute Gasteiger partial charge is 0.314 e. The maximum atomic E-state index is 13.4. The summed E-state index contributed by atoms with van der Waals surface area (Å²) in [6, 6.07) is 6.06. The van der Waals surface area contributed by atoms with Crippen LogP contribution in [0.3, 0.4) is 0 Å². The van der Waals surface area contributed by atoms with Gasteiger partial charge in [-0.2, -0.15) is 12.7 Å². The summed E-state index contributed by atoms with van der Waals surface area (Å²) in [6.45, 7) is 5.15. The molecule has 0 heterocycles. The summed E-state index contributed by atoms with van der Waals surface area (Å²) in [7, 11) is -2.25. The summed E-state index contributed by atoms with van der Waals surface area (Å²) in [6.07, 6.45) is 0.687. The van der Waals surface area contributed by atoms with Gasteiger partial charge in [0.25, 0.3) is 0 Å². The Bertz CT molecular complexity index is 520. The number of anilines is 1. The van der Waals surface area contributed by atoms with Crippen molar-refractivity contribution >= 4 is 15.9 Å². The lowest BCUT2D eigenvalue weighted by Crippen LogP contribution is -2.35. The van der Waals surface area contributed by atoms with Crippen LogP contribution >= 0.6 is 0 Å². The number of nitrogens with zero attached hydrogens (tertiary/aromatic N) is 1. The fraction of sp³-hybridized carbons (Fsp3) is 0.538. The zero-order chi connectivity index (χ0) is 15.2. The molecular weight excluding hydrogens is 281 g/mol. The molecule has 1 rings (SSSR count). The lowest BCUT2D eigenvalue weighted by atomic mass is 10.3. The first-order chi connectivity index (χ1) is 9.33. The quantitative estimate of drug-likeness (QED) is 0.720. The standard InChI is InChI=1S/C13H22FN3O2S/c1-11(2)15-9-6-10-17(3)20(18,19)16-13-8-5-4-7-12(13)14/h4-5,7-8,11,15-16H,6,9-10H2,1-3H3. The molecule has 0 amide bonds. The number of nitrogens with one attached hydrogen (secondary N) is 2. The molecule has 0 fully saturated rings. The van der Waals surface area contributed by atoms with Crippen LogP contribution in [0.2, 0.25) is 0 Å². The van der Waals surface area contributed by atoms with Gasteiger partial charge in [-0.05, 0) is 25.1 Å². The minimum Gasteiger partial charge on any atom is -0.314 e. The number of halogens is 1. The SMILES string of the molecule is CC(C)NCCCN(C)S(=O)(=O)Nc1ccccc1F. The van der Waals surface area contributed by atoms with E-state index in [0.29, 0.717) is 19.0 Å². The van der Waals surface area contributed by atoms with E-state index in [9.17, 15) is 12.8 Å². The van der Waals surface area contributed by atoms with E-state index in [4.69, 9.17) is 0 Å². The second-order valence-corrected chi connectivity index (χ2v) is 6.65. The smallest absolute Gasteiger partial charge is 0.301 e. The van der Waals surface area contributed by atoms with Gasteiger partial charge in [-0.1, -0.05) is 26.0 Å². The zero-order valence-corrected chi connectivity index (χ0v) is 12.9. The van der Waals surface area contributed by atoms with Crippen LogP contribution in [-0.4, -0.2) is 38.9 Å². The van der Waals surface area contributed by atoms with E-state index in [-0.39, 0.29) is 5.69 Å². The molecule has 0 saturated heterocycles. The van der Waals surface area contributed by atoms with Gasteiger partial charge >= 0.3 is 10.2 Å². The Kier molecular flexibility index (Phi) is 6.38. The van der Waals surface area contributed by atoms with Crippen LogP contribution < -0.4 is 10.0 Å². The minimum atomic E-state index is -3.72. The molecule has 20 heavy (non-hydrogen) atoms. The second-order valence-electron chi connectivity index (χ2n) is 4.87. The van der Waals surface area contributed by atoms with Gasteiger partial charge in [0.05, 0.1) is 5.69 Å². The second kappa shape index (κ2) is 7.56. The van der Waals surface area contributed by atoms with Crippen molar-refractivity contribution in [3.8, 4) is 0 Å². The number of rotatable bonds is 8. The molecule has 114 valence electrons. The number of hydrogen-bond acceptors (Lipinski definition) is 3. The lowest BCUT2D eigenvalue weighted by molar-refractivity contribution is 0.451. The van der Waals surface area contributed by atoms with E-state index in [0.717, 1.165) is 6.54 Å². The predicted octanol–water partition coefficient (Wildman–Crippen LogP) is 1.80. The van der Waals surface area contributed by atoms with E-state index in [1.807, 2.05) is 13.8 Å². The van der Waals surface area contributed by atoms with E-state index in [1.54, 1.807) is 6.07 Å². The molecule has 0 saturated carbocycles. The monoisotopic (exact) mass is 303 g/mol. The van der Waals surface area contributed by atoms with Crippen molar-refractivity contribution in [3.63, 3.8) is 0 Å². The Balaban J connectivity index is 2.53. The maximum absolute atomic E-state index is 13.4. The van der Waals surface area contributed by atoms with Gasteiger partial charge < -0.3 is 5.32 Å². The molecule has 0 aromatic heterocycles. The molecule has 1 aromatic carbocycles. The Labute approximate surface area is 120 Å². The van der Waals surface area contributed by atoms with Crippen LogP contribution in [0.4, 0.5) is 10.1 Å². The average Bonchev–Trinajstić information content (AvgIpc) is 2.36. The van der Waals surface area contributed by atoms with Crippen molar-refractivity contribution in [2.45, 2.75) is 26.3 Å². The molecule has 7 heteroatoms. The van der Waals surface area contributed by atoms with E-state index < -0.39 is 16.0 Å². The first-order valence-corrected chi connectivity index (χ1v) is 7.99. The highest BCUT2D eigenvalue weighted by atomic mass is 32.2. The Morgan fingerprint density at radius 1 is 1.30 bits per heavy atom. The molecule has 0 bridgehead atoms. The highest BCUT2D eigenvalue weighted by Crippen LogP contribution is 2.15. The van der Waals surface area contributed by atoms with Crippen molar-refractivity contribution in [2.75, 3.05) is 24.9 Å². The highest BCUT2D eigenvalue weighted by molar-refractivity contribution is 7.90. The normalized spacial score (nSPS) is 12.1. The summed E-state index contributed by atoms with van der Waals surface area (Å²) in [5.41, 5.74) is -0.0420. The molecule has 0 aliphatic carbocycles. The first-order valence-electron chi connectivity index (χ1n) is 6.55. The van der Waals surface area contributed by atoms with E-state index in [2.05, 4.69) is 10.0 Å². The van der Waals surface area contributed by atoms with Crippen molar-refractivity contribution in [2.24, 2.45) is 0 Å². The molecule has 5 nitrogen and oxygen atoms in total. The Hall–Kier alpha value is -1.18. The Morgan fingerprint density at radius 2 is 1.95 bits per heavy atom. The average molecular weight is 303 g/mol. The van der Waals surface area contributed by atoms with Crippen molar-refractivity contribution < 1.29 is 12.8 Å². The van der Waals surface area contributed by atoms with Crippen LogP contribution in [0.15, 0.2) is 24.3 Å². The lowest BCUT2D eigenvalue weighted by Gasteiger charge is -2.19. The molecule has 0 unspecified atom stereocenters. The van der Waals surface area contributed by atoms with Crippen LogP contribution in [-0.2, 0) is 10.2 Å². The van der Waals surface area contributed by atoms with Crippen molar-refractivity contribution in [1.29, 1.82) is 0 Å². The van der Waals surface area contributed by atoms with Crippen LogP contribution in [0, 0.1) is 5.82 Å². The van der Waals surface area contributed by atoms with Gasteiger partial charge in [0.2, 0.25) is 0 Å². The van der Waals surface area contributed by atoms with Gasteiger partial charge in [-0.25, -0.2) is 4.39 Å². The van der Waals surface area contributed by atoms with E-state index >= 15 is 0 Å². The summed E-state index contributed by atoms with van der Waals surface area (Å²) >= 11 is 0. The van der Waals surface area contributed by atoms with Gasteiger partial charge in [0.1, 0.15) is 5.82 Å². The number of para-hydroxylation sites is 1. The molecule has 0 spiro atoms. The molecule has 0 atom stereocenters. The van der Waals surface area contributed by atoms with E-state index in [1.165, 1.54) is 29.6 Å². The molecule has 0 aliphatic rings. The summed E-state index contributed by atoms with van der Waals surface area (Å²) in [5, 5.41) is 3.21. The van der Waals surface area contributed by atoms with Crippen molar-refractivity contribution in [1.82, 2.24) is 9.62 Å². The first kappa shape index (κ1) is 16.9. The molecular formula is C13H22FN3O2S. The van der Waals surface area contributed by atoms with Crippen LogP contribution in [0.5, 0.6) is 0 Å². The van der Waals surface area contributed by atoms with Gasteiger partial charge in [0.15, 0.2) is 0 Å². The highest BCUT2D eigenvalue weighted by Gasteiger charge is 2.18. The van der Waals surface area contributed by atoms with Gasteiger partial charge in [-0.3, -0.25) is 4.72 Å². The molecule has 2 N–H and O–H groups in total. The zero-order valence-electron chi connectivity index (χ0n) is 12.1. The summed E-state index contributed by atoms with van der Waals surface area (Å²) in [4.78, 5) is 0. The Morgan fingerprint density at radius 3 is 2.55 bits per heavy atom. The topological polar surface area (TPSA) is 61.4 Å². The third kappa shape index (κ3) is 5.44. The fourth-order valence-corrected chi connectivity index (χ4v) is 2.54. The third-order valence-corrected chi connectivity index (χ3v) is 4.21. The number of hydrogen-bond donors (Lipinski definition) is 2. The molecule has 0 radical (unpaired) electrons. The summed E-state index contributed by atoms with van der Waals surface area (Å²) < 4.78 is 40.9. The van der Waals surface area contributed by atoms with Gasteiger partial charge in [0, 0.05) is 19.6 Å². The number of benzene rings is 1. The van der Waals surface area contributed by atoms with Crippen molar-refractivity contribution in [3.05, 3.63) is 30.1 Å². The molecule has 1 aromatic rings.